The first-order valence-corrected chi connectivity index (χ1v) is 9.18. The summed E-state index contributed by atoms with van der Waals surface area (Å²) in [4.78, 5) is 8.88. The van der Waals surface area contributed by atoms with Gasteiger partial charge in [-0.25, -0.2) is 22.7 Å². The Morgan fingerprint density at radius 2 is 1.97 bits per heavy atom. The molecule has 0 bridgehead atoms. The van der Waals surface area contributed by atoms with Gasteiger partial charge in [-0.3, -0.25) is 9.67 Å². The van der Waals surface area contributed by atoms with Gasteiger partial charge in [0.25, 0.3) is 5.92 Å². The van der Waals surface area contributed by atoms with Crippen molar-refractivity contribution in [2.75, 3.05) is 0 Å². The van der Waals surface area contributed by atoms with E-state index in [2.05, 4.69) is 20.2 Å². The second kappa shape index (κ2) is 6.13. The zero-order valence-electron chi connectivity index (χ0n) is 15.6. The van der Waals surface area contributed by atoms with Gasteiger partial charge in [-0.2, -0.15) is 10.2 Å². The van der Waals surface area contributed by atoms with Gasteiger partial charge in [-0.15, -0.1) is 0 Å². The molecule has 1 fully saturated rings. The van der Waals surface area contributed by atoms with Gasteiger partial charge in [0.15, 0.2) is 5.65 Å². The summed E-state index contributed by atoms with van der Waals surface area (Å²) in [6.07, 6.45) is 5.25. The molecule has 0 radical (unpaired) electrons. The molecule has 4 aromatic rings. The SMILES string of the molecule is Cc1nc2cc(-c3ncccc3-c3cnn(CC4(F)CC(F)(F)C4)c3)ccn2n1. The van der Waals surface area contributed by atoms with Crippen LogP contribution in [0.5, 0.6) is 0 Å². The van der Waals surface area contributed by atoms with Gasteiger partial charge in [0.2, 0.25) is 0 Å². The molecule has 9 heteroatoms. The van der Waals surface area contributed by atoms with E-state index in [1.54, 1.807) is 29.2 Å². The van der Waals surface area contributed by atoms with Crippen LogP contribution in [-0.4, -0.2) is 41.0 Å². The highest BCUT2D eigenvalue weighted by Crippen LogP contribution is 2.49. The minimum atomic E-state index is -2.92. The van der Waals surface area contributed by atoms with E-state index in [0.29, 0.717) is 11.5 Å². The summed E-state index contributed by atoms with van der Waals surface area (Å²) >= 11 is 0. The van der Waals surface area contributed by atoms with E-state index in [4.69, 9.17) is 0 Å². The Morgan fingerprint density at radius 1 is 1.14 bits per heavy atom. The first-order chi connectivity index (χ1) is 13.8. The van der Waals surface area contributed by atoms with Crippen LogP contribution in [0.4, 0.5) is 13.2 Å². The Bertz CT molecular complexity index is 1200. The van der Waals surface area contributed by atoms with Crippen LogP contribution in [0.1, 0.15) is 18.7 Å². The van der Waals surface area contributed by atoms with Crippen LogP contribution >= 0.6 is 0 Å². The van der Waals surface area contributed by atoms with E-state index in [9.17, 15) is 13.2 Å². The van der Waals surface area contributed by atoms with Crippen molar-refractivity contribution in [1.82, 2.24) is 29.4 Å². The molecule has 0 atom stereocenters. The lowest BCUT2D eigenvalue weighted by Gasteiger charge is -2.40. The van der Waals surface area contributed by atoms with E-state index in [0.717, 1.165) is 22.4 Å². The Hall–Kier alpha value is -3.23. The molecule has 1 aliphatic carbocycles. The van der Waals surface area contributed by atoms with Gasteiger partial charge in [0.05, 0.1) is 18.4 Å². The summed E-state index contributed by atoms with van der Waals surface area (Å²) in [5.41, 5.74) is 1.92. The molecule has 29 heavy (non-hydrogen) atoms. The van der Waals surface area contributed by atoms with Crippen molar-refractivity contribution < 1.29 is 13.2 Å². The van der Waals surface area contributed by atoms with Crippen molar-refractivity contribution in [1.29, 1.82) is 0 Å². The van der Waals surface area contributed by atoms with Crippen molar-refractivity contribution >= 4 is 5.65 Å². The van der Waals surface area contributed by atoms with Gasteiger partial charge < -0.3 is 0 Å². The summed E-state index contributed by atoms with van der Waals surface area (Å²) in [7, 11) is 0. The maximum atomic E-state index is 14.4. The number of pyridine rings is 2. The molecule has 1 saturated carbocycles. The lowest BCUT2D eigenvalue weighted by molar-refractivity contribution is -0.176. The number of aromatic nitrogens is 6. The molecule has 6 nitrogen and oxygen atoms in total. The molecule has 1 aliphatic rings. The molecule has 0 aromatic carbocycles. The Kier molecular flexibility index (Phi) is 3.77. The van der Waals surface area contributed by atoms with E-state index in [1.807, 2.05) is 31.3 Å². The largest absolute Gasteiger partial charge is 0.269 e. The average Bonchev–Trinajstić information content (AvgIpc) is 3.24. The highest BCUT2D eigenvalue weighted by Gasteiger charge is 2.57. The van der Waals surface area contributed by atoms with E-state index < -0.39 is 24.4 Å². The molecule has 4 aromatic heterocycles. The topological polar surface area (TPSA) is 60.9 Å². The van der Waals surface area contributed by atoms with Crippen molar-refractivity contribution in [3.63, 3.8) is 0 Å². The second-order valence-corrected chi connectivity index (χ2v) is 7.56. The fraction of sp³-hybridized carbons (Fsp3) is 0.300. The first kappa shape index (κ1) is 17.8. The number of fused-ring (bicyclic) bond motifs is 1. The fourth-order valence-electron chi connectivity index (χ4n) is 3.87. The lowest BCUT2D eigenvalue weighted by atomic mass is 9.78. The van der Waals surface area contributed by atoms with Crippen LogP contribution in [0.3, 0.4) is 0 Å². The fourth-order valence-corrected chi connectivity index (χ4v) is 3.87. The molecule has 4 heterocycles. The summed E-state index contributed by atoms with van der Waals surface area (Å²) in [6.45, 7) is 1.63. The molecular weight excluding hydrogens is 381 g/mol. The summed E-state index contributed by atoms with van der Waals surface area (Å²) in [5, 5.41) is 8.45. The Morgan fingerprint density at radius 3 is 2.76 bits per heavy atom. The minimum absolute atomic E-state index is 0.191. The molecule has 0 spiro atoms. The van der Waals surface area contributed by atoms with Crippen molar-refractivity contribution in [3.05, 3.63) is 54.9 Å². The highest BCUT2D eigenvalue weighted by atomic mass is 19.3. The van der Waals surface area contributed by atoms with Crippen molar-refractivity contribution in [3.8, 4) is 22.4 Å². The Labute approximate surface area is 164 Å². The summed E-state index contributed by atoms with van der Waals surface area (Å²) in [5.74, 6) is -2.24. The monoisotopic (exact) mass is 398 g/mol. The third-order valence-corrected chi connectivity index (χ3v) is 5.07. The number of aryl methyl sites for hydroxylation is 1. The first-order valence-electron chi connectivity index (χ1n) is 9.18. The molecule has 148 valence electrons. The lowest BCUT2D eigenvalue weighted by Crippen LogP contribution is -2.51. The summed E-state index contributed by atoms with van der Waals surface area (Å²) < 4.78 is 43.6. The van der Waals surface area contributed by atoms with E-state index >= 15 is 0 Å². The number of hydrogen-bond donors (Lipinski definition) is 0. The van der Waals surface area contributed by atoms with Crippen molar-refractivity contribution in [2.24, 2.45) is 0 Å². The predicted octanol–water partition coefficient (Wildman–Crippen LogP) is 4.10. The van der Waals surface area contributed by atoms with Crippen LogP contribution in [0.25, 0.3) is 28.0 Å². The molecule has 0 aliphatic heterocycles. The molecule has 0 amide bonds. The third-order valence-electron chi connectivity index (χ3n) is 5.07. The van der Waals surface area contributed by atoms with E-state index in [-0.39, 0.29) is 6.54 Å². The van der Waals surface area contributed by atoms with E-state index in [1.165, 1.54) is 4.68 Å². The van der Waals surface area contributed by atoms with Gasteiger partial charge in [0.1, 0.15) is 11.5 Å². The molecule has 5 rings (SSSR count). The minimum Gasteiger partial charge on any atom is -0.269 e. The van der Waals surface area contributed by atoms with Crippen LogP contribution in [0, 0.1) is 6.92 Å². The molecular formula is C20H17F3N6. The average molecular weight is 398 g/mol. The zero-order valence-corrected chi connectivity index (χ0v) is 15.6. The van der Waals surface area contributed by atoms with Crippen LogP contribution < -0.4 is 0 Å². The van der Waals surface area contributed by atoms with Crippen LogP contribution in [-0.2, 0) is 6.54 Å². The zero-order chi connectivity index (χ0) is 20.2. The number of hydrogen-bond acceptors (Lipinski definition) is 4. The molecule has 0 unspecified atom stereocenters. The normalized spacial score (nSPS) is 17.4. The second-order valence-electron chi connectivity index (χ2n) is 7.56. The van der Waals surface area contributed by atoms with Gasteiger partial charge in [-0.05, 0) is 25.1 Å². The number of halogens is 3. The Balaban J connectivity index is 1.47. The van der Waals surface area contributed by atoms with Gasteiger partial charge in [0, 0.05) is 48.1 Å². The molecule has 0 N–H and O–H groups in total. The predicted molar refractivity (Wildman–Crippen MR) is 100 cm³/mol. The standard InChI is InChI=1S/C20H17F3N6/c1-13-26-17-7-14(4-6-29(17)27-13)18-16(3-2-5-24-18)15-8-25-28(9-15)12-19(21)10-20(22,23)11-19/h2-9H,10-12H2,1H3. The summed E-state index contributed by atoms with van der Waals surface area (Å²) in [6, 6.07) is 7.48. The maximum Gasteiger partial charge on any atom is 0.254 e. The maximum absolute atomic E-state index is 14.4. The number of alkyl halides is 3. The quantitative estimate of drug-likeness (QED) is 0.519. The van der Waals surface area contributed by atoms with Crippen LogP contribution in [0.2, 0.25) is 0 Å². The third kappa shape index (κ3) is 3.26. The number of nitrogens with zero attached hydrogens (tertiary/aromatic N) is 6. The van der Waals surface area contributed by atoms with Gasteiger partial charge >= 0.3 is 0 Å². The highest BCUT2D eigenvalue weighted by molar-refractivity contribution is 5.81. The van der Waals surface area contributed by atoms with Crippen molar-refractivity contribution in [2.45, 2.75) is 37.9 Å². The smallest absolute Gasteiger partial charge is 0.254 e. The molecule has 0 saturated heterocycles. The van der Waals surface area contributed by atoms with Gasteiger partial charge in [-0.1, -0.05) is 6.07 Å². The van der Waals surface area contributed by atoms with Crippen LogP contribution in [0.15, 0.2) is 49.1 Å². The number of rotatable bonds is 4.